The third-order valence-electron chi connectivity index (χ3n) is 8.11. The molecule has 0 radical (unpaired) electrons. The smallest absolute Gasteiger partial charge is 0.348 e. The molecular formula is C30H43N3O+2. The number of aromatic nitrogens is 1. The van der Waals surface area contributed by atoms with Crippen LogP contribution in [-0.2, 0) is 13.0 Å². The number of para-hydroxylation sites is 3. The van der Waals surface area contributed by atoms with Crippen LogP contribution in [0, 0.1) is 0 Å². The number of oxazole rings is 1. The van der Waals surface area contributed by atoms with Gasteiger partial charge in [0.25, 0.3) is 5.52 Å². The van der Waals surface area contributed by atoms with Crippen molar-refractivity contribution in [2.45, 2.75) is 65.3 Å². The zero-order valence-electron chi connectivity index (χ0n) is 21.7. The van der Waals surface area contributed by atoms with E-state index in [-0.39, 0.29) is 0 Å². The molecule has 0 bridgehead atoms. The van der Waals surface area contributed by atoms with Gasteiger partial charge in [0, 0.05) is 37.3 Å². The molecule has 4 rings (SSSR count). The van der Waals surface area contributed by atoms with Crippen LogP contribution in [0.4, 0.5) is 5.69 Å². The van der Waals surface area contributed by atoms with Crippen LogP contribution in [0.3, 0.4) is 0 Å². The molecule has 2 heterocycles. The predicted molar refractivity (Wildman–Crippen MR) is 142 cm³/mol. The van der Waals surface area contributed by atoms with Crippen LogP contribution in [-0.4, -0.2) is 37.7 Å². The Morgan fingerprint density at radius 3 is 2.38 bits per heavy atom. The molecule has 1 aliphatic heterocycles. The highest BCUT2D eigenvalue weighted by molar-refractivity contribution is 5.68. The highest BCUT2D eigenvalue weighted by atomic mass is 16.4. The minimum atomic E-state index is 0.335. The molecule has 3 aromatic rings. The van der Waals surface area contributed by atoms with Crippen molar-refractivity contribution in [3.8, 4) is 0 Å². The number of anilines is 1. The van der Waals surface area contributed by atoms with Gasteiger partial charge in [-0.3, -0.25) is 0 Å². The lowest BCUT2D eigenvalue weighted by molar-refractivity contribution is -0.923. The number of hydrogen-bond donors (Lipinski definition) is 0. The van der Waals surface area contributed by atoms with Crippen molar-refractivity contribution in [2.24, 2.45) is 0 Å². The second kappa shape index (κ2) is 11.2. The van der Waals surface area contributed by atoms with Gasteiger partial charge in [-0.1, -0.05) is 36.4 Å². The lowest BCUT2D eigenvalue weighted by Crippen LogP contribution is -2.48. The summed E-state index contributed by atoms with van der Waals surface area (Å²) in [7, 11) is 2.12. The van der Waals surface area contributed by atoms with Crippen LogP contribution >= 0.6 is 0 Å². The number of hydrogen-bond acceptors (Lipinski definition) is 2. The average Bonchev–Trinajstić information content (AvgIpc) is 3.23. The van der Waals surface area contributed by atoms with Crippen LogP contribution in [0.1, 0.15) is 63.8 Å². The summed E-state index contributed by atoms with van der Waals surface area (Å²) in [6.45, 7) is 13.1. The zero-order chi connectivity index (χ0) is 24.0. The number of fused-ring (bicyclic) bond motifs is 2. The number of unbranched alkanes of at least 4 members (excludes halogenated alkanes) is 3. The molecule has 34 heavy (non-hydrogen) atoms. The van der Waals surface area contributed by atoms with Crippen molar-refractivity contribution in [1.29, 1.82) is 0 Å². The summed E-state index contributed by atoms with van der Waals surface area (Å²) in [5.41, 5.74) is 4.89. The Morgan fingerprint density at radius 2 is 1.59 bits per heavy atom. The molecule has 0 amide bonds. The first kappa shape index (κ1) is 24.5. The Bertz CT molecular complexity index is 1090. The number of benzene rings is 2. The molecule has 2 aromatic carbocycles. The summed E-state index contributed by atoms with van der Waals surface area (Å²) in [6.07, 6.45) is 10.5. The van der Waals surface area contributed by atoms with Gasteiger partial charge < -0.3 is 13.8 Å². The maximum Gasteiger partial charge on any atom is 0.348 e. The van der Waals surface area contributed by atoms with E-state index < -0.39 is 0 Å². The topological polar surface area (TPSA) is 20.3 Å². The first-order valence-corrected chi connectivity index (χ1v) is 13.4. The quantitative estimate of drug-likeness (QED) is 0.176. The van der Waals surface area contributed by atoms with Gasteiger partial charge in [0.1, 0.15) is 0 Å². The van der Waals surface area contributed by atoms with E-state index in [4.69, 9.17) is 4.42 Å². The summed E-state index contributed by atoms with van der Waals surface area (Å²) >= 11 is 0. The normalized spacial score (nSPS) is 15.8. The Labute approximate surface area is 206 Å². The summed E-state index contributed by atoms with van der Waals surface area (Å²) in [5.74, 6) is 1.43. The summed E-state index contributed by atoms with van der Waals surface area (Å²) in [5, 5.41) is 0. The molecule has 182 valence electrons. The molecule has 1 atom stereocenters. The molecule has 1 aliphatic rings. The summed E-state index contributed by atoms with van der Waals surface area (Å²) in [6, 6.07) is 17.2. The molecular weight excluding hydrogens is 418 g/mol. The van der Waals surface area contributed by atoms with Crippen LogP contribution < -0.4 is 9.47 Å². The summed E-state index contributed by atoms with van der Waals surface area (Å²) in [4.78, 5) is 2.21. The highest BCUT2D eigenvalue weighted by Gasteiger charge is 2.28. The van der Waals surface area contributed by atoms with E-state index in [0.717, 1.165) is 24.4 Å². The molecule has 0 aliphatic carbocycles. The van der Waals surface area contributed by atoms with Gasteiger partial charge in [-0.05, 0) is 57.7 Å². The van der Waals surface area contributed by atoms with E-state index in [9.17, 15) is 0 Å². The number of allylic oxidation sites excluding steroid dienone is 1. The SMILES string of the molecule is CC[N+](CC)(CC)CCCCCC[n+]1c(CC2C=CN(C)c3ccccc32)oc2ccccc21. The van der Waals surface area contributed by atoms with Gasteiger partial charge in [-0.25, -0.2) is 0 Å². The van der Waals surface area contributed by atoms with Gasteiger partial charge >= 0.3 is 5.89 Å². The number of aryl methyl sites for hydroxylation is 1. The van der Waals surface area contributed by atoms with Crippen molar-refractivity contribution in [2.75, 3.05) is 38.1 Å². The highest BCUT2D eigenvalue weighted by Crippen LogP contribution is 2.34. The third kappa shape index (κ3) is 5.22. The summed E-state index contributed by atoms with van der Waals surface area (Å²) < 4.78 is 10.1. The van der Waals surface area contributed by atoms with E-state index in [1.807, 2.05) is 0 Å². The van der Waals surface area contributed by atoms with Gasteiger partial charge in [0.2, 0.25) is 5.58 Å². The fraction of sp³-hybridized carbons (Fsp3) is 0.500. The van der Waals surface area contributed by atoms with Gasteiger partial charge in [-0.15, -0.1) is 0 Å². The largest absolute Gasteiger partial charge is 0.401 e. The van der Waals surface area contributed by atoms with Crippen molar-refractivity contribution in [3.63, 3.8) is 0 Å². The molecule has 0 spiro atoms. The van der Waals surface area contributed by atoms with Crippen LogP contribution in [0.15, 0.2) is 65.2 Å². The average molecular weight is 462 g/mol. The molecule has 4 heteroatoms. The Balaban J connectivity index is 1.43. The van der Waals surface area contributed by atoms with Crippen LogP contribution in [0.2, 0.25) is 0 Å². The Kier molecular flexibility index (Phi) is 8.10. The van der Waals surface area contributed by atoms with Crippen molar-refractivity contribution in [1.82, 2.24) is 0 Å². The van der Waals surface area contributed by atoms with Crippen LogP contribution in [0.5, 0.6) is 0 Å². The van der Waals surface area contributed by atoms with Crippen molar-refractivity contribution >= 4 is 16.8 Å². The van der Waals surface area contributed by atoms with Gasteiger partial charge in [0.15, 0.2) is 6.54 Å². The van der Waals surface area contributed by atoms with E-state index in [1.54, 1.807) is 0 Å². The monoisotopic (exact) mass is 461 g/mol. The second-order valence-corrected chi connectivity index (χ2v) is 9.87. The molecule has 1 aromatic heterocycles. The van der Waals surface area contributed by atoms with E-state index in [1.165, 1.54) is 73.1 Å². The molecule has 0 saturated carbocycles. The first-order valence-electron chi connectivity index (χ1n) is 13.4. The Hall–Kier alpha value is -2.59. The lowest BCUT2D eigenvalue weighted by Gasteiger charge is -2.35. The maximum absolute atomic E-state index is 6.42. The predicted octanol–water partition coefficient (Wildman–Crippen LogP) is 6.45. The maximum atomic E-state index is 6.42. The lowest BCUT2D eigenvalue weighted by atomic mass is 9.91. The van der Waals surface area contributed by atoms with E-state index >= 15 is 0 Å². The molecule has 0 fully saturated rings. The molecule has 1 unspecified atom stereocenters. The zero-order valence-corrected chi connectivity index (χ0v) is 21.7. The minimum absolute atomic E-state index is 0.335. The van der Waals surface area contributed by atoms with Gasteiger partial charge in [-0.2, -0.15) is 4.57 Å². The molecule has 0 N–H and O–H groups in total. The first-order chi connectivity index (χ1) is 16.6. The minimum Gasteiger partial charge on any atom is -0.401 e. The van der Waals surface area contributed by atoms with Crippen LogP contribution in [0.25, 0.3) is 11.1 Å². The number of rotatable bonds is 12. The molecule has 0 saturated heterocycles. The standard InChI is InChI=1S/C30H43N3O/c1-5-33(6-2,7-3)23-15-9-8-14-21-32-28-18-12-13-19-29(28)34-30(32)24-25-20-22-31(4)27-17-11-10-16-26(25)27/h10-13,16-20,22,25H,5-9,14-15,21,23-24H2,1-4H3/q+2. The Morgan fingerprint density at radius 1 is 0.882 bits per heavy atom. The van der Waals surface area contributed by atoms with Crippen molar-refractivity contribution in [3.05, 3.63) is 72.3 Å². The van der Waals surface area contributed by atoms with Gasteiger partial charge in [0.05, 0.1) is 32.6 Å². The van der Waals surface area contributed by atoms with E-state index in [2.05, 4.69) is 98.1 Å². The second-order valence-electron chi connectivity index (χ2n) is 9.87. The number of nitrogens with zero attached hydrogens (tertiary/aromatic N) is 3. The fourth-order valence-corrected chi connectivity index (χ4v) is 5.60. The third-order valence-corrected chi connectivity index (χ3v) is 8.11. The molecule has 4 nitrogen and oxygen atoms in total. The number of quaternary nitrogens is 1. The van der Waals surface area contributed by atoms with E-state index in [0.29, 0.717) is 5.92 Å². The fourth-order valence-electron chi connectivity index (χ4n) is 5.60. The van der Waals surface area contributed by atoms with Crippen molar-refractivity contribution < 1.29 is 13.5 Å².